The first kappa shape index (κ1) is 24.6. The lowest BCUT2D eigenvalue weighted by Crippen LogP contribution is -2.53. The van der Waals surface area contributed by atoms with Gasteiger partial charge >= 0.3 is 12.2 Å². The number of ketones is 1. The van der Waals surface area contributed by atoms with Crippen molar-refractivity contribution in [3.63, 3.8) is 0 Å². The molecule has 0 saturated carbocycles. The van der Waals surface area contributed by atoms with Gasteiger partial charge in [-0.25, -0.2) is 4.79 Å². The highest BCUT2D eigenvalue weighted by molar-refractivity contribution is 6.25. The summed E-state index contributed by atoms with van der Waals surface area (Å²) >= 11 is 0. The molecule has 0 radical (unpaired) electrons. The number of ether oxygens (including phenoxy) is 1. The summed E-state index contributed by atoms with van der Waals surface area (Å²) in [6.45, 7) is 6.34. The number of Topliss-reactive ketones (excluding diaryl/α,β-unsaturated/α-hetero) is 1. The number of hydrogen-bond acceptors (Lipinski definition) is 7. The molecule has 0 saturated heterocycles. The smallest absolute Gasteiger partial charge is 0.372 e. The van der Waals surface area contributed by atoms with E-state index in [1.165, 1.54) is 6.92 Å². The maximum Gasteiger partial charge on any atom is 0.372 e. The zero-order valence-electron chi connectivity index (χ0n) is 17.6. The molecule has 162 valence electrons. The van der Waals surface area contributed by atoms with Gasteiger partial charge in [0.2, 0.25) is 17.6 Å². The van der Waals surface area contributed by atoms with Crippen LogP contribution < -0.4 is 10.6 Å². The molecular formula is C20H28N5O5+. The Morgan fingerprint density at radius 2 is 1.93 bits per heavy atom. The second-order valence-corrected chi connectivity index (χ2v) is 7.68. The molecule has 1 heterocycles. The fourth-order valence-corrected chi connectivity index (χ4v) is 2.53. The normalized spacial score (nSPS) is 12.7. The van der Waals surface area contributed by atoms with Gasteiger partial charge in [-0.05, 0) is 38.8 Å². The van der Waals surface area contributed by atoms with Gasteiger partial charge in [0.05, 0.1) is 10.3 Å². The van der Waals surface area contributed by atoms with E-state index < -0.39 is 41.3 Å². The van der Waals surface area contributed by atoms with Gasteiger partial charge < -0.3 is 15.4 Å². The van der Waals surface area contributed by atoms with E-state index >= 15 is 0 Å². The van der Waals surface area contributed by atoms with Crippen LogP contribution in [0.5, 0.6) is 0 Å². The van der Waals surface area contributed by atoms with E-state index in [1.54, 1.807) is 45.3 Å². The van der Waals surface area contributed by atoms with Crippen LogP contribution in [0.2, 0.25) is 0 Å². The number of aromatic nitrogens is 1. The van der Waals surface area contributed by atoms with Gasteiger partial charge in [-0.15, -0.1) is 0 Å². The van der Waals surface area contributed by atoms with E-state index in [2.05, 4.69) is 20.4 Å². The van der Waals surface area contributed by atoms with E-state index in [-0.39, 0.29) is 19.3 Å². The van der Waals surface area contributed by atoms with Crippen LogP contribution in [0.15, 0.2) is 24.5 Å². The van der Waals surface area contributed by atoms with Crippen molar-refractivity contribution in [1.82, 2.24) is 15.6 Å². The minimum atomic E-state index is -1.11. The summed E-state index contributed by atoms with van der Waals surface area (Å²) in [4.78, 5) is 55.5. The number of amides is 2. The number of nitrogens with zero attached hydrogens (tertiary/aromatic N) is 2. The molecule has 0 aliphatic rings. The van der Waals surface area contributed by atoms with Crippen molar-refractivity contribution in [2.75, 3.05) is 0 Å². The third-order valence-corrected chi connectivity index (χ3v) is 3.75. The van der Waals surface area contributed by atoms with Crippen LogP contribution in [-0.2, 0) is 30.3 Å². The Kier molecular flexibility index (Phi) is 9.51. The second-order valence-electron chi connectivity index (χ2n) is 7.68. The Balaban J connectivity index is 2.98. The lowest BCUT2D eigenvalue weighted by molar-refractivity contribution is -0.159. The van der Waals surface area contributed by atoms with E-state index in [1.807, 2.05) is 0 Å². The molecule has 10 nitrogen and oxygen atoms in total. The fraction of sp³-hybridized carbons (Fsp3) is 0.500. The second kappa shape index (κ2) is 11.6. The van der Waals surface area contributed by atoms with Gasteiger partial charge in [-0.2, -0.15) is 0 Å². The number of rotatable bonds is 10. The van der Waals surface area contributed by atoms with Crippen molar-refractivity contribution in [1.29, 1.82) is 5.53 Å². The summed E-state index contributed by atoms with van der Waals surface area (Å²) in [5, 5.41) is 5.13. The Morgan fingerprint density at radius 1 is 1.23 bits per heavy atom. The zero-order valence-corrected chi connectivity index (χ0v) is 17.6. The molecule has 0 fully saturated rings. The molecular weight excluding hydrogens is 390 g/mol. The molecule has 0 unspecified atom stereocenters. The number of nitrogens with one attached hydrogen (secondary N) is 3. The third-order valence-electron chi connectivity index (χ3n) is 3.75. The van der Waals surface area contributed by atoms with Crippen LogP contribution in [-0.4, -0.2) is 57.2 Å². The summed E-state index contributed by atoms with van der Waals surface area (Å²) in [6, 6.07) is 1.42. The SMILES string of the molecule is CC(=O)N[C@@H](Cc1cccnc1)C(=O)N[C@@H](CCC(=O)C=[N+]=N)C(=O)OC(C)(C)C. The van der Waals surface area contributed by atoms with Crippen molar-refractivity contribution in [3.05, 3.63) is 30.1 Å². The molecule has 0 aliphatic heterocycles. The highest BCUT2D eigenvalue weighted by Crippen LogP contribution is 2.12. The standard InChI is InChI=1S/C20H27N5O5/c1-13(26)24-17(10-14-6-5-9-22-11-14)18(28)25-16(8-7-15(27)12-23-21)19(29)30-20(2,3)4/h5-6,9,11-12,16-17,21H,7-8,10H2,1-4H3,(H-,24,25,26,28)/p+1/t16-,17-/m0/s1. The summed E-state index contributed by atoms with van der Waals surface area (Å²) in [5.41, 5.74) is 6.64. The zero-order chi connectivity index (χ0) is 22.7. The highest BCUT2D eigenvalue weighted by Gasteiger charge is 2.30. The van der Waals surface area contributed by atoms with Gasteiger partial charge in [0.1, 0.15) is 17.7 Å². The summed E-state index contributed by atoms with van der Waals surface area (Å²) in [5.74, 6) is -2.16. The lowest BCUT2D eigenvalue weighted by atomic mass is 10.0. The Labute approximate surface area is 175 Å². The Bertz CT molecular complexity index is 813. The average molecular weight is 418 g/mol. The first-order chi connectivity index (χ1) is 14.0. The molecule has 10 heteroatoms. The molecule has 0 aromatic carbocycles. The number of carbonyl (C=O) groups excluding carboxylic acids is 4. The number of hydrogen-bond donors (Lipinski definition) is 3. The summed E-state index contributed by atoms with van der Waals surface area (Å²) in [6.07, 6.45) is 4.02. The minimum absolute atomic E-state index is 0.0365. The van der Waals surface area contributed by atoms with Crippen LogP contribution in [0.3, 0.4) is 0 Å². The molecule has 1 aromatic heterocycles. The van der Waals surface area contributed by atoms with Gasteiger partial charge in [0, 0.05) is 32.2 Å². The molecule has 0 aliphatic carbocycles. The topological polar surface area (TPSA) is 152 Å². The highest BCUT2D eigenvalue weighted by atomic mass is 16.6. The molecule has 1 aromatic rings. The van der Waals surface area contributed by atoms with Crippen LogP contribution >= 0.6 is 0 Å². The Morgan fingerprint density at radius 3 is 2.47 bits per heavy atom. The molecule has 30 heavy (non-hydrogen) atoms. The molecule has 0 spiro atoms. The number of pyridine rings is 1. The predicted octanol–water partition coefficient (Wildman–Crippen LogP) is 0.615. The monoisotopic (exact) mass is 418 g/mol. The van der Waals surface area contributed by atoms with Crippen molar-refractivity contribution < 1.29 is 28.7 Å². The van der Waals surface area contributed by atoms with Crippen LogP contribution in [0, 0.1) is 5.53 Å². The summed E-state index contributed by atoms with van der Waals surface area (Å²) in [7, 11) is 0. The van der Waals surface area contributed by atoms with E-state index in [0.717, 1.165) is 11.8 Å². The fourth-order valence-electron chi connectivity index (χ4n) is 2.53. The first-order valence-electron chi connectivity index (χ1n) is 9.43. The number of esters is 1. The van der Waals surface area contributed by atoms with Crippen LogP contribution in [0.25, 0.3) is 0 Å². The average Bonchev–Trinajstić information content (AvgIpc) is 2.63. The van der Waals surface area contributed by atoms with E-state index in [9.17, 15) is 19.2 Å². The number of carbonyl (C=O) groups is 4. The van der Waals surface area contributed by atoms with Crippen LogP contribution in [0.1, 0.15) is 46.1 Å². The maximum absolute atomic E-state index is 12.8. The van der Waals surface area contributed by atoms with E-state index in [4.69, 9.17) is 10.3 Å². The first-order valence-corrected chi connectivity index (χ1v) is 9.43. The molecule has 3 N–H and O–H groups in total. The molecule has 2 amide bonds. The van der Waals surface area contributed by atoms with Crippen molar-refractivity contribution in [2.24, 2.45) is 0 Å². The van der Waals surface area contributed by atoms with Crippen molar-refractivity contribution >= 4 is 29.8 Å². The van der Waals surface area contributed by atoms with Gasteiger partial charge in [-0.1, -0.05) is 6.07 Å². The van der Waals surface area contributed by atoms with Gasteiger partial charge in [0.25, 0.3) is 0 Å². The predicted molar refractivity (Wildman–Crippen MR) is 107 cm³/mol. The third kappa shape index (κ3) is 9.70. The van der Waals surface area contributed by atoms with Gasteiger partial charge in [0.15, 0.2) is 0 Å². The maximum atomic E-state index is 12.8. The van der Waals surface area contributed by atoms with Crippen molar-refractivity contribution in [2.45, 2.75) is 64.6 Å². The van der Waals surface area contributed by atoms with E-state index in [0.29, 0.717) is 0 Å². The summed E-state index contributed by atoms with van der Waals surface area (Å²) < 4.78 is 5.34. The molecule has 0 bridgehead atoms. The quantitative estimate of drug-likeness (QED) is 0.219. The minimum Gasteiger partial charge on any atom is -0.458 e. The molecule has 1 rings (SSSR count). The Hall–Kier alpha value is -3.39. The van der Waals surface area contributed by atoms with Crippen molar-refractivity contribution in [3.8, 4) is 0 Å². The molecule has 2 atom stereocenters. The van der Waals surface area contributed by atoms with Crippen LogP contribution in [0.4, 0.5) is 0 Å². The largest absolute Gasteiger partial charge is 0.458 e. The van der Waals surface area contributed by atoms with Gasteiger partial charge in [-0.3, -0.25) is 19.4 Å². The lowest BCUT2D eigenvalue weighted by Gasteiger charge is -2.26.